The van der Waals surface area contributed by atoms with Crippen LogP contribution in [0.15, 0.2) is 0 Å². The van der Waals surface area contributed by atoms with E-state index in [9.17, 15) is 9.90 Å². The summed E-state index contributed by atoms with van der Waals surface area (Å²) in [4.78, 5) is 13.9. The highest BCUT2D eigenvalue weighted by Gasteiger charge is 2.26. The van der Waals surface area contributed by atoms with Crippen molar-refractivity contribution in [2.24, 2.45) is 5.92 Å². The predicted molar refractivity (Wildman–Crippen MR) is 68.7 cm³/mol. The fourth-order valence-electron chi connectivity index (χ4n) is 2.33. The van der Waals surface area contributed by atoms with Crippen molar-refractivity contribution in [1.29, 1.82) is 0 Å². The molecule has 2 unspecified atom stereocenters. The fraction of sp³-hybridized carbons (Fsp3) is 0.923. The molecule has 100 valence electrons. The summed E-state index contributed by atoms with van der Waals surface area (Å²) in [5.41, 5.74) is 0. The lowest BCUT2D eigenvalue weighted by molar-refractivity contribution is -0.126. The van der Waals surface area contributed by atoms with Crippen LogP contribution in [0.4, 0.5) is 0 Å². The Hall–Kier alpha value is -0.610. The molecule has 1 aliphatic carbocycles. The Bertz CT molecular complexity index is 244. The van der Waals surface area contributed by atoms with E-state index < -0.39 is 0 Å². The summed E-state index contributed by atoms with van der Waals surface area (Å²) >= 11 is 0. The highest BCUT2D eigenvalue weighted by molar-refractivity contribution is 5.81. The second-order valence-corrected chi connectivity index (χ2v) is 5.34. The molecule has 3 atom stereocenters. The lowest BCUT2D eigenvalue weighted by atomic mass is 9.95. The molecule has 1 rings (SSSR count). The molecule has 0 spiro atoms. The maximum absolute atomic E-state index is 12.0. The van der Waals surface area contributed by atoms with Gasteiger partial charge in [-0.25, -0.2) is 0 Å². The van der Waals surface area contributed by atoms with Gasteiger partial charge in [0.1, 0.15) is 0 Å². The zero-order chi connectivity index (χ0) is 12.8. The van der Waals surface area contributed by atoms with Gasteiger partial charge in [0.15, 0.2) is 0 Å². The Morgan fingerprint density at radius 1 is 1.35 bits per heavy atom. The van der Waals surface area contributed by atoms with E-state index in [0.717, 1.165) is 19.3 Å². The van der Waals surface area contributed by atoms with Crippen molar-refractivity contribution < 1.29 is 9.90 Å². The van der Waals surface area contributed by atoms with Crippen molar-refractivity contribution in [3.8, 4) is 0 Å². The molecule has 0 saturated heterocycles. The minimum Gasteiger partial charge on any atom is -0.396 e. The molecule has 0 aromatic heterocycles. The molecule has 0 aromatic carbocycles. The summed E-state index contributed by atoms with van der Waals surface area (Å²) in [6.07, 6.45) is 5.56. The van der Waals surface area contributed by atoms with E-state index in [-0.39, 0.29) is 30.5 Å². The van der Waals surface area contributed by atoms with Crippen molar-refractivity contribution in [3.63, 3.8) is 0 Å². The van der Waals surface area contributed by atoms with Crippen LogP contribution in [0.2, 0.25) is 0 Å². The normalized spacial score (nSPS) is 27.6. The Morgan fingerprint density at radius 2 is 2.00 bits per heavy atom. The number of carbonyl (C=O) groups is 1. The molecule has 0 bridgehead atoms. The Labute approximate surface area is 104 Å². The number of aliphatic hydroxyl groups excluding tert-OH is 1. The molecular weight excluding hydrogens is 216 g/mol. The zero-order valence-electron chi connectivity index (χ0n) is 11.3. The third kappa shape index (κ3) is 4.28. The summed E-state index contributed by atoms with van der Waals surface area (Å²) in [7, 11) is 3.81. The molecule has 0 heterocycles. The van der Waals surface area contributed by atoms with Crippen LogP contribution in [0.25, 0.3) is 0 Å². The van der Waals surface area contributed by atoms with Gasteiger partial charge in [0.2, 0.25) is 5.91 Å². The fourth-order valence-corrected chi connectivity index (χ4v) is 2.33. The number of hydrogen-bond acceptors (Lipinski definition) is 3. The average molecular weight is 242 g/mol. The number of nitrogens with zero attached hydrogens (tertiary/aromatic N) is 1. The van der Waals surface area contributed by atoms with E-state index in [4.69, 9.17) is 0 Å². The quantitative estimate of drug-likeness (QED) is 0.723. The van der Waals surface area contributed by atoms with Crippen molar-refractivity contribution in [2.75, 3.05) is 20.7 Å². The number of aliphatic hydroxyl groups is 1. The van der Waals surface area contributed by atoms with Gasteiger partial charge in [-0.1, -0.05) is 19.3 Å². The first-order valence-corrected chi connectivity index (χ1v) is 6.64. The highest BCUT2D eigenvalue weighted by atomic mass is 16.3. The van der Waals surface area contributed by atoms with Crippen LogP contribution in [-0.4, -0.2) is 48.7 Å². The Balaban J connectivity index is 2.54. The molecule has 4 nitrogen and oxygen atoms in total. The van der Waals surface area contributed by atoms with Crippen LogP contribution in [-0.2, 0) is 4.79 Å². The van der Waals surface area contributed by atoms with E-state index in [1.165, 1.54) is 12.8 Å². The first-order valence-electron chi connectivity index (χ1n) is 6.64. The average Bonchev–Trinajstić information content (AvgIpc) is 2.52. The third-order valence-electron chi connectivity index (χ3n) is 3.88. The zero-order valence-corrected chi connectivity index (χ0v) is 11.3. The van der Waals surface area contributed by atoms with E-state index >= 15 is 0 Å². The molecule has 0 aromatic rings. The molecule has 1 amide bonds. The number of nitrogens with one attached hydrogen (secondary N) is 1. The standard InChI is InChI=1S/C13H26N2O2/c1-10(15(2)3)13(17)14-12-8-6-4-5-7-11(12)9-16/h10-12,16H,4-9H2,1-3H3,(H,14,17)/t10-,11?,12?/m0/s1. The Kier molecular flexibility index (Phi) is 5.92. The van der Waals surface area contributed by atoms with Gasteiger partial charge in [0.25, 0.3) is 0 Å². The van der Waals surface area contributed by atoms with E-state index in [0.29, 0.717) is 0 Å². The van der Waals surface area contributed by atoms with Crippen LogP contribution in [0.3, 0.4) is 0 Å². The van der Waals surface area contributed by atoms with Crippen molar-refractivity contribution >= 4 is 5.91 Å². The van der Waals surface area contributed by atoms with E-state index in [1.807, 2.05) is 25.9 Å². The van der Waals surface area contributed by atoms with Crippen molar-refractivity contribution in [2.45, 2.75) is 51.1 Å². The molecule has 0 aliphatic heterocycles. The van der Waals surface area contributed by atoms with E-state index in [2.05, 4.69) is 5.32 Å². The number of carbonyl (C=O) groups excluding carboxylic acids is 1. The minimum absolute atomic E-state index is 0.0698. The first kappa shape index (κ1) is 14.5. The van der Waals surface area contributed by atoms with Gasteiger partial charge in [0.05, 0.1) is 6.04 Å². The third-order valence-corrected chi connectivity index (χ3v) is 3.88. The van der Waals surface area contributed by atoms with Crippen LogP contribution < -0.4 is 5.32 Å². The van der Waals surface area contributed by atoms with Gasteiger partial charge in [0, 0.05) is 18.6 Å². The second-order valence-electron chi connectivity index (χ2n) is 5.34. The van der Waals surface area contributed by atoms with Crippen LogP contribution >= 0.6 is 0 Å². The number of rotatable bonds is 4. The molecule has 2 N–H and O–H groups in total. The minimum atomic E-state index is -0.113. The molecular formula is C13H26N2O2. The Morgan fingerprint density at radius 3 is 2.59 bits per heavy atom. The molecule has 1 aliphatic rings. The molecule has 4 heteroatoms. The molecule has 1 saturated carbocycles. The van der Waals surface area contributed by atoms with Gasteiger partial charge in [-0.15, -0.1) is 0 Å². The van der Waals surface area contributed by atoms with Gasteiger partial charge >= 0.3 is 0 Å². The largest absolute Gasteiger partial charge is 0.396 e. The summed E-state index contributed by atoms with van der Waals surface area (Å²) in [5.74, 6) is 0.302. The van der Waals surface area contributed by atoms with E-state index in [1.54, 1.807) is 0 Å². The number of likely N-dealkylation sites (N-methyl/N-ethyl adjacent to an activating group) is 1. The monoisotopic (exact) mass is 242 g/mol. The maximum atomic E-state index is 12.0. The van der Waals surface area contributed by atoms with Gasteiger partial charge in [-0.05, 0) is 33.9 Å². The summed E-state index contributed by atoms with van der Waals surface area (Å²) in [5, 5.41) is 12.5. The SMILES string of the molecule is C[C@@H](C(=O)NC1CCCCCC1CO)N(C)C. The van der Waals surface area contributed by atoms with Crippen LogP contribution in [0, 0.1) is 5.92 Å². The van der Waals surface area contributed by atoms with Crippen LogP contribution in [0.1, 0.15) is 39.0 Å². The van der Waals surface area contributed by atoms with Gasteiger partial charge < -0.3 is 10.4 Å². The molecule has 1 fully saturated rings. The maximum Gasteiger partial charge on any atom is 0.237 e. The molecule has 0 radical (unpaired) electrons. The topological polar surface area (TPSA) is 52.6 Å². The van der Waals surface area contributed by atoms with Crippen LogP contribution in [0.5, 0.6) is 0 Å². The van der Waals surface area contributed by atoms with Gasteiger partial charge in [-0.3, -0.25) is 9.69 Å². The smallest absolute Gasteiger partial charge is 0.237 e. The van der Waals surface area contributed by atoms with Crippen molar-refractivity contribution in [3.05, 3.63) is 0 Å². The summed E-state index contributed by atoms with van der Waals surface area (Å²) < 4.78 is 0. The van der Waals surface area contributed by atoms with Crippen molar-refractivity contribution in [1.82, 2.24) is 10.2 Å². The first-order chi connectivity index (χ1) is 8.06. The highest BCUT2D eigenvalue weighted by Crippen LogP contribution is 2.23. The molecule has 17 heavy (non-hydrogen) atoms. The predicted octanol–water partition coefficient (Wildman–Crippen LogP) is 0.994. The van der Waals surface area contributed by atoms with Gasteiger partial charge in [-0.2, -0.15) is 0 Å². The number of amides is 1. The lowest BCUT2D eigenvalue weighted by Gasteiger charge is -2.27. The summed E-state index contributed by atoms with van der Waals surface area (Å²) in [6.45, 7) is 2.08. The summed E-state index contributed by atoms with van der Waals surface area (Å²) in [6, 6.07) is 0.0370. The second kappa shape index (κ2) is 6.97. The number of hydrogen-bond donors (Lipinski definition) is 2. The lowest BCUT2D eigenvalue weighted by Crippen LogP contribution is -2.48.